The summed E-state index contributed by atoms with van der Waals surface area (Å²) in [6.07, 6.45) is 2.97. The van der Waals surface area contributed by atoms with Gasteiger partial charge in [-0.3, -0.25) is 0 Å². The Bertz CT molecular complexity index is 445. The number of nitrogens with one attached hydrogen (secondary N) is 1. The van der Waals surface area contributed by atoms with Crippen molar-refractivity contribution in [3.8, 4) is 17.2 Å². The molecule has 2 rings (SSSR count). The molecule has 1 fully saturated rings. The molecule has 0 atom stereocenters. The molecule has 19 heavy (non-hydrogen) atoms. The number of rotatable bonds is 4. The summed E-state index contributed by atoms with van der Waals surface area (Å²) in [5.41, 5.74) is 0.756. The molecule has 0 bridgehead atoms. The molecule has 4 nitrogen and oxygen atoms in total. The molecule has 1 heterocycles. The van der Waals surface area contributed by atoms with E-state index in [2.05, 4.69) is 5.32 Å². The number of phenolic OH excluding ortho intramolecular Hbond substituents is 1. The van der Waals surface area contributed by atoms with Crippen molar-refractivity contribution in [2.45, 2.75) is 19.3 Å². The third kappa shape index (κ3) is 3.07. The monoisotopic (exact) mass is 285 g/mol. The highest BCUT2D eigenvalue weighted by atomic mass is 35.5. The van der Waals surface area contributed by atoms with Gasteiger partial charge in [0, 0.05) is 11.6 Å². The molecule has 1 aromatic rings. The molecule has 0 unspecified atom stereocenters. The van der Waals surface area contributed by atoms with Crippen LogP contribution >= 0.6 is 11.6 Å². The molecule has 1 aliphatic rings. The Labute approximate surface area is 118 Å². The number of benzene rings is 1. The molecule has 1 aliphatic heterocycles. The van der Waals surface area contributed by atoms with Gasteiger partial charge in [0.05, 0.1) is 19.2 Å². The van der Waals surface area contributed by atoms with E-state index >= 15 is 0 Å². The zero-order valence-corrected chi connectivity index (χ0v) is 12.1. The lowest BCUT2D eigenvalue weighted by atomic mass is 9.90. The lowest BCUT2D eigenvalue weighted by Gasteiger charge is -2.24. The van der Waals surface area contributed by atoms with Crippen molar-refractivity contribution < 1.29 is 14.6 Å². The van der Waals surface area contributed by atoms with Gasteiger partial charge in [-0.05, 0) is 38.3 Å². The van der Waals surface area contributed by atoms with Gasteiger partial charge in [-0.15, -0.1) is 0 Å². The van der Waals surface area contributed by atoms with Crippen molar-refractivity contribution >= 4 is 11.6 Å². The predicted octanol–water partition coefficient (Wildman–Crippen LogP) is 2.60. The Morgan fingerprint density at radius 1 is 1.32 bits per heavy atom. The third-order valence-electron chi connectivity index (χ3n) is 3.65. The molecule has 0 saturated carbocycles. The molecule has 2 N–H and O–H groups in total. The smallest absolute Gasteiger partial charge is 0.203 e. The SMILES string of the molecule is COc1cc(Cl)c(CC2CCNCC2)c(O)c1OC. The van der Waals surface area contributed by atoms with E-state index in [1.54, 1.807) is 6.07 Å². The van der Waals surface area contributed by atoms with Crippen molar-refractivity contribution in [3.05, 3.63) is 16.7 Å². The highest BCUT2D eigenvalue weighted by molar-refractivity contribution is 6.31. The number of methoxy groups -OCH3 is 2. The zero-order valence-electron chi connectivity index (χ0n) is 11.3. The minimum Gasteiger partial charge on any atom is -0.504 e. The van der Waals surface area contributed by atoms with Gasteiger partial charge in [-0.1, -0.05) is 11.6 Å². The number of hydrogen-bond donors (Lipinski definition) is 2. The highest BCUT2D eigenvalue weighted by Crippen LogP contribution is 2.44. The summed E-state index contributed by atoms with van der Waals surface area (Å²) >= 11 is 6.25. The van der Waals surface area contributed by atoms with Crippen LogP contribution in [-0.2, 0) is 6.42 Å². The molecule has 0 radical (unpaired) electrons. The van der Waals surface area contributed by atoms with Crippen LogP contribution in [0.15, 0.2) is 6.07 Å². The first-order valence-electron chi connectivity index (χ1n) is 6.50. The number of ether oxygens (including phenoxy) is 2. The number of halogens is 1. The molecule has 0 aromatic heterocycles. The van der Waals surface area contributed by atoms with Gasteiger partial charge in [-0.25, -0.2) is 0 Å². The molecule has 1 saturated heterocycles. The van der Waals surface area contributed by atoms with E-state index in [0.717, 1.165) is 37.9 Å². The van der Waals surface area contributed by atoms with E-state index in [1.165, 1.54) is 14.2 Å². The molecule has 5 heteroatoms. The Morgan fingerprint density at radius 2 is 2.00 bits per heavy atom. The van der Waals surface area contributed by atoms with Crippen LogP contribution in [0.3, 0.4) is 0 Å². The van der Waals surface area contributed by atoms with E-state index in [0.29, 0.717) is 22.4 Å². The summed E-state index contributed by atoms with van der Waals surface area (Å²) in [6.45, 7) is 2.05. The maximum Gasteiger partial charge on any atom is 0.203 e. The average Bonchev–Trinajstić information content (AvgIpc) is 2.44. The molecule has 0 spiro atoms. The second-order valence-electron chi connectivity index (χ2n) is 4.82. The summed E-state index contributed by atoms with van der Waals surface area (Å²) in [5.74, 6) is 1.46. The van der Waals surface area contributed by atoms with Crippen LogP contribution in [0.2, 0.25) is 5.02 Å². The van der Waals surface area contributed by atoms with Gasteiger partial charge >= 0.3 is 0 Å². The molecule has 0 aliphatic carbocycles. The Hall–Kier alpha value is -1.13. The average molecular weight is 286 g/mol. The first-order chi connectivity index (χ1) is 9.17. The van der Waals surface area contributed by atoms with Crippen molar-refractivity contribution in [1.82, 2.24) is 5.32 Å². The van der Waals surface area contributed by atoms with Crippen molar-refractivity contribution in [3.63, 3.8) is 0 Å². The quantitative estimate of drug-likeness (QED) is 0.893. The van der Waals surface area contributed by atoms with Crippen molar-refractivity contribution in [2.24, 2.45) is 5.92 Å². The number of hydrogen-bond acceptors (Lipinski definition) is 4. The van der Waals surface area contributed by atoms with Crippen LogP contribution in [0.25, 0.3) is 0 Å². The van der Waals surface area contributed by atoms with Gasteiger partial charge in [-0.2, -0.15) is 0 Å². The van der Waals surface area contributed by atoms with Crippen LogP contribution < -0.4 is 14.8 Å². The fourth-order valence-corrected chi connectivity index (χ4v) is 2.82. The fourth-order valence-electron chi connectivity index (χ4n) is 2.55. The number of aromatic hydroxyl groups is 1. The summed E-state index contributed by atoms with van der Waals surface area (Å²) < 4.78 is 10.4. The predicted molar refractivity (Wildman–Crippen MR) is 75.5 cm³/mol. The normalized spacial score (nSPS) is 16.4. The standard InChI is InChI=1S/C14H20ClNO3/c1-18-12-8-11(15)10(13(17)14(12)19-2)7-9-3-5-16-6-4-9/h8-9,16-17H,3-7H2,1-2H3. The minimum atomic E-state index is 0.102. The van der Waals surface area contributed by atoms with E-state index in [1.807, 2.05) is 0 Å². The Balaban J connectivity index is 2.28. The number of phenols is 1. The highest BCUT2D eigenvalue weighted by Gasteiger charge is 2.22. The van der Waals surface area contributed by atoms with Crippen LogP contribution in [-0.4, -0.2) is 32.4 Å². The summed E-state index contributed by atoms with van der Waals surface area (Å²) in [7, 11) is 3.04. The van der Waals surface area contributed by atoms with Gasteiger partial charge in [0.1, 0.15) is 0 Å². The van der Waals surface area contributed by atoms with Gasteiger partial charge < -0.3 is 19.9 Å². The van der Waals surface area contributed by atoms with Crippen molar-refractivity contribution in [1.29, 1.82) is 0 Å². The van der Waals surface area contributed by atoms with Gasteiger partial charge in [0.2, 0.25) is 5.75 Å². The molecule has 1 aromatic carbocycles. The molecular formula is C14H20ClNO3. The van der Waals surface area contributed by atoms with Gasteiger partial charge in [0.25, 0.3) is 0 Å². The van der Waals surface area contributed by atoms with E-state index < -0.39 is 0 Å². The van der Waals surface area contributed by atoms with Crippen LogP contribution in [0, 0.1) is 5.92 Å². The maximum atomic E-state index is 10.3. The van der Waals surface area contributed by atoms with E-state index in [-0.39, 0.29) is 5.75 Å². The topological polar surface area (TPSA) is 50.7 Å². The molecule has 106 valence electrons. The molecular weight excluding hydrogens is 266 g/mol. The minimum absolute atomic E-state index is 0.102. The van der Waals surface area contributed by atoms with Crippen molar-refractivity contribution in [2.75, 3.05) is 27.3 Å². The van der Waals surface area contributed by atoms with Crippen LogP contribution in [0.4, 0.5) is 0 Å². The summed E-state index contributed by atoms with van der Waals surface area (Å²) in [6, 6.07) is 1.70. The van der Waals surface area contributed by atoms with Crippen LogP contribution in [0.5, 0.6) is 17.2 Å². The Morgan fingerprint density at radius 3 is 2.58 bits per heavy atom. The van der Waals surface area contributed by atoms with E-state index in [9.17, 15) is 5.11 Å². The van der Waals surface area contributed by atoms with Crippen LogP contribution in [0.1, 0.15) is 18.4 Å². The van der Waals surface area contributed by atoms with Gasteiger partial charge in [0.15, 0.2) is 11.5 Å². The number of piperidine rings is 1. The largest absolute Gasteiger partial charge is 0.504 e. The lowest BCUT2D eigenvalue weighted by molar-refractivity contribution is 0.326. The second-order valence-corrected chi connectivity index (χ2v) is 5.23. The maximum absolute atomic E-state index is 10.3. The molecule has 0 amide bonds. The van der Waals surface area contributed by atoms with E-state index in [4.69, 9.17) is 21.1 Å². The fraction of sp³-hybridized carbons (Fsp3) is 0.571. The third-order valence-corrected chi connectivity index (χ3v) is 3.98. The first-order valence-corrected chi connectivity index (χ1v) is 6.88. The summed E-state index contributed by atoms with van der Waals surface area (Å²) in [5, 5.41) is 14.2. The second kappa shape index (κ2) is 6.35. The Kier molecular flexibility index (Phi) is 4.77. The zero-order chi connectivity index (χ0) is 13.8. The first kappa shape index (κ1) is 14.3. The lowest BCUT2D eigenvalue weighted by Crippen LogP contribution is -2.28. The summed E-state index contributed by atoms with van der Waals surface area (Å²) in [4.78, 5) is 0.